The van der Waals surface area contributed by atoms with E-state index in [2.05, 4.69) is 42.9 Å². The van der Waals surface area contributed by atoms with Gasteiger partial charge in [0.15, 0.2) is 0 Å². The molecule has 0 fully saturated rings. The monoisotopic (exact) mass is 230 g/mol. The minimum atomic E-state index is 0.266. The summed E-state index contributed by atoms with van der Waals surface area (Å²) < 4.78 is 0. The molecular weight excluding hydrogens is 212 g/mol. The highest BCUT2D eigenvalue weighted by atomic mass is 16.1. The van der Waals surface area contributed by atoms with Crippen molar-refractivity contribution >= 4 is 17.3 Å². The Hall–Kier alpha value is -1.64. The number of nitrogens with one attached hydrogen (secondary N) is 1. The molecule has 0 saturated carbocycles. The van der Waals surface area contributed by atoms with Gasteiger partial charge in [0.1, 0.15) is 12.1 Å². The van der Waals surface area contributed by atoms with Crippen molar-refractivity contribution in [2.75, 3.05) is 0 Å². The van der Waals surface area contributed by atoms with Gasteiger partial charge in [-0.15, -0.1) is 0 Å². The van der Waals surface area contributed by atoms with Gasteiger partial charge in [-0.05, 0) is 23.6 Å². The normalized spacial score (nSPS) is 13.2. The zero-order valence-corrected chi connectivity index (χ0v) is 10.5. The Morgan fingerprint density at radius 3 is 2.76 bits per heavy atom. The number of imidazole rings is 1. The molecule has 1 atom stereocenters. The smallest absolute Gasteiger partial charge is 0.120 e. The van der Waals surface area contributed by atoms with E-state index in [4.69, 9.17) is 0 Å². The first kappa shape index (κ1) is 11.8. The molecule has 0 aliphatic rings. The number of fused-ring (bicyclic) bond motifs is 1. The van der Waals surface area contributed by atoms with Gasteiger partial charge in [0, 0.05) is 12.3 Å². The van der Waals surface area contributed by atoms with E-state index in [9.17, 15) is 4.79 Å². The summed E-state index contributed by atoms with van der Waals surface area (Å²) >= 11 is 0. The Morgan fingerprint density at radius 1 is 1.35 bits per heavy atom. The second-order valence-electron chi connectivity index (χ2n) is 4.86. The number of benzene rings is 1. The van der Waals surface area contributed by atoms with E-state index >= 15 is 0 Å². The zero-order valence-electron chi connectivity index (χ0n) is 10.5. The van der Waals surface area contributed by atoms with E-state index in [0.29, 0.717) is 12.3 Å². The van der Waals surface area contributed by atoms with Gasteiger partial charge in [0.05, 0.1) is 11.0 Å². The second-order valence-corrected chi connectivity index (χ2v) is 4.86. The third-order valence-corrected chi connectivity index (χ3v) is 3.09. The fourth-order valence-corrected chi connectivity index (χ4v) is 1.91. The molecule has 2 rings (SSSR count). The number of aromatic amines is 1. The molecule has 0 aliphatic carbocycles. The van der Waals surface area contributed by atoms with Gasteiger partial charge in [-0.2, -0.15) is 0 Å². The Bertz CT molecular complexity index is 528. The van der Waals surface area contributed by atoms with E-state index in [1.807, 2.05) is 6.07 Å². The molecule has 17 heavy (non-hydrogen) atoms. The van der Waals surface area contributed by atoms with E-state index in [1.54, 1.807) is 0 Å². The Labute approximate surface area is 101 Å². The molecule has 1 aromatic heterocycles. The lowest BCUT2D eigenvalue weighted by molar-refractivity contribution is -0.108. The van der Waals surface area contributed by atoms with Crippen LogP contribution in [0.4, 0.5) is 0 Å². The summed E-state index contributed by atoms with van der Waals surface area (Å²) in [5.41, 5.74) is 3.24. The number of carbonyl (C=O) groups excluding carboxylic acids is 1. The number of nitrogens with zero attached hydrogens (tertiary/aromatic N) is 1. The number of aromatic nitrogens is 2. The van der Waals surface area contributed by atoms with Crippen LogP contribution in [0.25, 0.3) is 11.0 Å². The molecular formula is C14H18N2O. The van der Waals surface area contributed by atoms with Gasteiger partial charge in [-0.3, -0.25) is 0 Å². The first-order chi connectivity index (χ1) is 8.11. The van der Waals surface area contributed by atoms with Crippen molar-refractivity contribution in [3.8, 4) is 0 Å². The largest absolute Gasteiger partial charge is 0.342 e. The minimum Gasteiger partial charge on any atom is -0.342 e. The standard InChI is InChI=1S/C14H18N2O/c1-9(2)14-15-12-5-4-11(8-13(12)16-14)10(3)6-7-17/h4-5,7-10H,6H2,1-3H3,(H,15,16). The number of carbonyl (C=O) groups is 1. The van der Waals surface area contributed by atoms with Crippen molar-refractivity contribution in [1.82, 2.24) is 9.97 Å². The average Bonchev–Trinajstić information content (AvgIpc) is 2.71. The van der Waals surface area contributed by atoms with Crippen LogP contribution in [0.5, 0.6) is 0 Å². The third-order valence-electron chi connectivity index (χ3n) is 3.09. The summed E-state index contributed by atoms with van der Waals surface area (Å²) in [6.45, 7) is 6.30. The molecule has 0 spiro atoms. The molecule has 0 bridgehead atoms. The van der Waals surface area contributed by atoms with Crippen LogP contribution in [0, 0.1) is 0 Å². The van der Waals surface area contributed by atoms with Crippen molar-refractivity contribution < 1.29 is 4.79 Å². The van der Waals surface area contributed by atoms with Crippen molar-refractivity contribution in [2.45, 2.75) is 39.0 Å². The lowest BCUT2D eigenvalue weighted by Gasteiger charge is -2.07. The maximum atomic E-state index is 10.5. The topological polar surface area (TPSA) is 45.8 Å². The maximum Gasteiger partial charge on any atom is 0.120 e. The molecule has 1 aromatic carbocycles. The summed E-state index contributed by atoms with van der Waals surface area (Å²) in [6, 6.07) is 6.18. The number of hydrogen-bond donors (Lipinski definition) is 1. The zero-order chi connectivity index (χ0) is 12.4. The first-order valence-corrected chi connectivity index (χ1v) is 6.05. The summed E-state index contributed by atoms with van der Waals surface area (Å²) in [6.07, 6.45) is 1.54. The second kappa shape index (κ2) is 4.70. The fraction of sp³-hybridized carbons (Fsp3) is 0.429. The van der Waals surface area contributed by atoms with Crippen LogP contribution in [-0.2, 0) is 4.79 Å². The summed E-state index contributed by atoms with van der Waals surface area (Å²) in [5.74, 6) is 1.68. The van der Waals surface area contributed by atoms with Gasteiger partial charge in [0.25, 0.3) is 0 Å². The number of rotatable bonds is 4. The maximum absolute atomic E-state index is 10.5. The number of H-pyrrole nitrogens is 1. The van der Waals surface area contributed by atoms with Crippen molar-refractivity contribution in [3.63, 3.8) is 0 Å². The highest BCUT2D eigenvalue weighted by molar-refractivity contribution is 5.76. The minimum absolute atomic E-state index is 0.266. The van der Waals surface area contributed by atoms with Crippen LogP contribution in [0.15, 0.2) is 18.2 Å². The van der Waals surface area contributed by atoms with Crippen LogP contribution in [0.3, 0.4) is 0 Å². The number of hydrogen-bond acceptors (Lipinski definition) is 2. The summed E-state index contributed by atoms with van der Waals surface area (Å²) in [7, 11) is 0. The molecule has 0 aliphatic heterocycles. The third kappa shape index (κ3) is 2.38. The summed E-state index contributed by atoms with van der Waals surface area (Å²) in [5, 5.41) is 0. The highest BCUT2D eigenvalue weighted by Crippen LogP contribution is 2.23. The van der Waals surface area contributed by atoms with Crippen molar-refractivity contribution in [3.05, 3.63) is 29.6 Å². The molecule has 3 nitrogen and oxygen atoms in total. The molecule has 2 aromatic rings. The SMILES string of the molecule is CC(C)c1nc2ccc(C(C)CC=O)cc2[nH]1. The van der Waals surface area contributed by atoms with E-state index in [1.165, 1.54) is 5.56 Å². The highest BCUT2D eigenvalue weighted by Gasteiger charge is 2.09. The molecule has 3 heteroatoms. The molecule has 0 amide bonds. The lowest BCUT2D eigenvalue weighted by Crippen LogP contribution is -1.93. The number of aldehydes is 1. The van der Waals surface area contributed by atoms with Gasteiger partial charge in [-0.1, -0.05) is 26.8 Å². The Balaban J connectivity index is 2.39. The van der Waals surface area contributed by atoms with Crippen LogP contribution in [-0.4, -0.2) is 16.3 Å². The van der Waals surface area contributed by atoms with Gasteiger partial charge < -0.3 is 9.78 Å². The quantitative estimate of drug-likeness (QED) is 0.818. The molecule has 1 unspecified atom stereocenters. The van der Waals surface area contributed by atoms with Crippen LogP contribution in [0.1, 0.15) is 50.4 Å². The average molecular weight is 230 g/mol. The van der Waals surface area contributed by atoms with Gasteiger partial charge >= 0.3 is 0 Å². The van der Waals surface area contributed by atoms with Crippen LogP contribution >= 0.6 is 0 Å². The van der Waals surface area contributed by atoms with Gasteiger partial charge in [-0.25, -0.2) is 4.98 Å². The van der Waals surface area contributed by atoms with Crippen LogP contribution in [0.2, 0.25) is 0 Å². The predicted octanol–water partition coefficient (Wildman–Crippen LogP) is 3.38. The van der Waals surface area contributed by atoms with Crippen molar-refractivity contribution in [1.29, 1.82) is 0 Å². The van der Waals surface area contributed by atoms with E-state index < -0.39 is 0 Å². The fourth-order valence-electron chi connectivity index (χ4n) is 1.91. The van der Waals surface area contributed by atoms with E-state index in [0.717, 1.165) is 23.1 Å². The molecule has 1 heterocycles. The molecule has 1 N–H and O–H groups in total. The van der Waals surface area contributed by atoms with Crippen LogP contribution < -0.4 is 0 Å². The molecule has 0 saturated heterocycles. The van der Waals surface area contributed by atoms with Gasteiger partial charge in [0.2, 0.25) is 0 Å². The Kier molecular flexibility index (Phi) is 3.27. The predicted molar refractivity (Wildman–Crippen MR) is 69.3 cm³/mol. The Morgan fingerprint density at radius 2 is 2.12 bits per heavy atom. The first-order valence-electron chi connectivity index (χ1n) is 6.05. The molecule has 90 valence electrons. The van der Waals surface area contributed by atoms with Crippen molar-refractivity contribution in [2.24, 2.45) is 0 Å². The summed E-state index contributed by atoms with van der Waals surface area (Å²) in [4.78, 5) is 18.4. The lowest BCUT2D eigenvalue weighted by atomic mass is 9.98. The van der Waals surface area contributed by atoms with E-state index in [-0.39, 0.29) is 5.92 Å². The molecule has 0 radical (unpaired) electrons.